The number of rotatable bonds is 7. The van der Waals surface area contributed by atoms with Gasteiger partial charge < -0.3 is 10.1 Å². The fourth-order valence-electron chi connectivity index (χ4n) is 4.00. The van der Waals surface area contributed by atoms with Crippen molar-refractivity contribution in [2.45, 2.75) is 52.0 Å². The lowest BCUT2D eigenvalue weighted by Crippen LogP contribution is -2.56. The quantitative estimate of drug-likeness (QED) is 0.702. The third kappa shape index (κ3) is 4.51. The number of anilines is 1. The van der Waals surface area contributed by atoms with Crippen molar-refractivity contribution in [1.29, 1.82) is 0 Å². The molecule has 0 aliphatic heterocycles. The molecule has 2 aromatic carbocycles. The molecule has 3 rings (SSSR count). The average Bonchev–Trinajstić information content (AvgIpc) is 3.08. The normalized spacial score (nSPS) is 14.5. The summed E-state index contributed by atoms with van der Waals surface area (Å²) in [7, 11) is 0. The number of para-hydroxylation sites is 1. The van der Waals surface area contributed by atoms with Gasteiger partial charge in [-0.2, -0.15) is 0 Å². The smallest absolute Gasteiger partial charge is 0.327 e. The first-order valence-corrected chi connectivity index (χ1v) is 10.2. The van der Waals surface area contributed by atoms with E-state index in [1.165, 1.54) is 0 Å². The van der Waals surface area contributed by atoms with Crippen LogP contribution in [0.1, 0.15) is 48.9 Å². The van der Waals surface area contributed by atoms with E-state index in [0.29, 0.717) is 25.4 Å². The molecule has 0 unspecified atom stereocenters. The number of esters is 1. The van der Waals surface area contributed by atoms with Gasteiger partial charge in [0.25, 0.3) is 0 Å². The molecule has 1 aliphatic rings. The molecule has 0 radical (unpaired) electrons. The van der Waals surface area contributed by atoms with E-state index < -0.39 is 5.54 Å². The molecule has 0 saturated heterocycles. The SMILES string of the molecule is CCOC(=O)C1(NCC(=O)Nc2c(C)cccc2C(C)C)Cc2ccccc2C1. The Morgan fingerprint density at radius 1 is 1.07 bits per heavy atom. The second-order valence-corrected chi connectivity index (χ2v) is 8.02. The lowest BCUT2D eigenvalue weighted by Gasteiger charge is -2.28. The molecular formula is C24H30N2O3. The van der Waals surface area contributed by atoms with Gasteiger partial charge in [-0.3, -0.25) is 14.9 Å². The Morgan fingerprint density at radius 3 is 2.31 bits per heavy atom. The van der Waals surface area contributed by atoms with Gasteiger partial charge in [-0.25, -0.2) is 0 Å². The zero-order valence-electron chi connectivity index (χ0n) is 17.7. The zero-order chi connectivity index (χ0) is 21.0. The fraction of sp³-hybridized carbons (Fsp3) is 0.417. The highest BCUT2D eigenvalue weighted by Gasteiger charge is 2.45. The molecule has 2 aromatic rings. The van der Waals surface area contributed by atoms with Gasteiger partial charge in [0.15, 0.2) is 0 Å². The summed E-state index contributed by atoms with van der Waals surface area (Å²) >= 11 is 0. The molecule has 0 spiro atoms. The van der Waals surface area contributed by atoms with Crippen molar-refractivity contribution >= 4 is 17.6 Å². The minimum Gasteiger partial charge on any atom is -0.465 e. The first-order chi connectivity index (χ1) is 13.9. The van der Waals surface area contributed by atoms with Crippen molar-refractivity contribution in [3.05, 3.63) is 64.7 Å². The number of carbonyl (C=O) groups excluding carboxylic acids is 2. The van der Waals surface area contributed by atoms with Gasteiger partial charge in [-0.05, 0) is 42.0 Å². The highest BCUT2D eigenvalue weighted by Crippen LogP contribution is 2.31. The number of hydrogen-bond acceptors (Lipinski definition) is 4. The van der Waals surface area contributed by atoms with Crippen molar-refractivity contribution in [3.8, 4) is 0 Å². The molecule has 0 bridgehead atoms. The zero-order valence-corrected chi connectivity index (χ0v) is 17.7. The van der Waals surface area contributed by atoms with Crippen LogP contribution in [0.5, 0.6) is 0 Å². The van der Waals surface area contributed by atoms with Crippen molar-refractivity contribution in [2.75, 3.05) is 18.5 Å². The van der Waals surface area contributed by atoms with Gasteiger partial charge in [0.1, 0.15) is 5.54 Å². The Kier molecular flexibility index (Phi) is 6.38. The predicted octanol–water partition coefficient (Wildman–Crippen LogP) is 3.75. The van der Waals surface area contributed by atoms with Crippen LogP contribution in [-0.2, 0) is 27.2 Å². The highest BCUT2D eigenvalue weighted by atomic mass is 16.5. The van der Waals surface area contributed by atoms with E-state index >= 15 is 0 Å². The molecule has 0 aromatic heterocycles. The van der Waals surface area contributed by atoms with Crippen LogP contribution in [0.4, 0.5) is 5.69 Å². The van der Waals surface area contributed by atoms with E-state index in [9.17, 15) is 9.59 Å². The summed E-state index contributed by atoms with van der Waals surface area (Å²) in [6.45, 7) is 8.35. The van der Waals surface area contributed by atoms with Crippen LogP contribution in [0.3, 0.4) is 0 Å². The van der Waals surface area contributed by atoms with Gasteiger partial charge >= 0.3 is 5.97 Å². The van der Waals surface area contributed by atoms with E-state index in [1.54, 1.807) is 6.92 Å². The van der Waals surface area contributed by atoms with Crippen LogP contribution >= 0.6 is 0 Å². The minimum absolute atomic E-state index is 0.0403. The van der Waals surface area contributed by atoms with Crippen molar-refractivity contribution in [3.63, 3.8) is 0 Å². The molecule has 0 heterocycles. The summed E-state index contributed by atoms with van der Waals surface area (Å²) in [5, 5.41) is 6.27. The number of benzene rings is 2. The van der Waals surface area contributed by atoms with Gasteiger partial charge in [0.2, 0.25) is 5.91 Å². The van der Waals surface area contributed by atoms with Crippen LogP contribution in [0.2, 0.25) is 0 Å². The van der Waals surface area contributed by atoms with E-state index in [1.807, 2.05) is 49.4 Å². The van der Waals surface area contributed by atoms with Crippen molar-refractivity contribution < 1.29 is 14.3 Å². The number of hydrogen-bond donors (Lipinski definition) is 2. The van der Waals surface area contributed by atoms with Gasteiger partial charge in [0, 0.05) is 18.5 Å². The lowest BCUT2D eigenvalue weighted by molar-refractivity contribution is -0.151. The van der Waals surface area contributed by atoms with Crippen LogP contribution < -0.4 is 10.6 Å². The molecule has 0 fully saturated rings. The maximum Gasteiger partial charge on any atom is 0.327 e. The summed E-state index contributed by atoms with van der Waals surface area (Å²) in [6.07, 6.45) is 1.05. The summed E-state index contributed by atoms with van der Waals surface area (Å²) in [5.41, 5.74) is 4.33. The highest BCUT2D eigenvalue weighted by molar-refractivity contribution is 5.94. The van der Waals surface area contributed by atoms with Crippen LogP contribution in [0, 0.1) is 6.92 Å². The van der Waals surface area contributed by atoms with Crippen LogP contribution in [0.15, 0.2) is 42.5 Å². The van der Waals surface area contributed by atoms with E-state index in [0.717, 1.165) is 27.9 Å². The molecule has 0 atom stereocenters. The molecular weight excluding hydrogens is 364 g/mol. The Balaban J connectivity index is 1.74. The first kappa shape index (κ1) is 21.1. The summed E-state index contributed by atoms with van der Waals surface area (Å²) < 4.78 is 5.35. The predicted molar refractivity (Wildman–Crippen MR) is 115 cm³/mol. The molecule has 1 aliphatic carbocycles. The number of fused-ring (bicyclic) bond motifs is 1. The molecule has 1 amide bonds. The maximum atomic E-state index is 12.8. The lowest BCUT2D eigenvalue weighted by atomic mass is 9.95. The van der Waals surface area contributed by atoms with Crippen LogP contribution in [0.25, 0.3) is 0 Å². The van der Waals surface area contributed by atoms with Crippen molar-refractivity contribution in [1.82, 2.24) is 5.32 Å². The largest absolute Gasteiger partial charge is 0.465 e. The third-order valence-corrected chi connectivity index (χ3v) is 5.55. The van der Waals surface area contributed by atoms with E-state index in [-0.39, 0.29) is 18.4 Å². The van der Waals surface area contributed by atoms with Gasteiger partial charge in [0.05, 0.1) is 13.2 Å². The Morgan fingerprint density at radius 2 is 1.72 bits per heavy atom. The molecule has 29 heavy (non-hydrogen) atoms. The molecule has 154 valence electrons. The summed E-state index contributed by atoms with van der Waals surface area (Å²) in [5.74, 6) is -0.169. The second kappa shape index (κ2) is 8.78. The molecule has 0 saturated carbocycles. The number of carbonyl (C=O) groups is 2. The standard InChI is InChI=1S/C24H30N2O3/c1-5-29-23(28)24(13-18-10-6-7-11-19(18)14-24)25-15-21(27)26-22-17(4)9-8-12-20(22)16(2)3/h6-12,16,25H,5,13-15H2,1-4H3,(H,26,27). The number of ether oxygens (including phenoxy) is 1. The number of amides is 1. The minimum atomic E-state index is -0.899. The van der Waals surface area contributed by atoms with Gasteiger partial charge in [-0.1, -0.05) is 56.3 Å². The molecule has 2 N–H and O–H groups in total. The topological polar surface area (TPSA) is 67.4 Å². The van der Waals surface area contributed by atoms with Crippen LogP contribution in [-0.4, -0.2) is 30.6 Å². The monoisotopic (exact) mass is 394 g/mol. The number of nitrogens with one attached hydrogen (secondary N) is 2. The second-order valence-electron chi connectivity index (χ2n) is 8.02. The van der Waals surface area contributed by atoms with E-state index in [4.69, 9.17) is 4.74 Å². The average molecular weight is 395 g/mol. The van der Waals surface area contributed by atoms with Gasteiger partial charge in [-0.15, -0.1) is 0 Å². The van der Waals surface area contributed by atoms with E-state index in [2.05, 4.69) is 24.5 Å². The Hall–Kier alpha value is -2.66. The molecule has 5 heteroatoms. The molecule has 5 nitrogen and oxygen atoms in total. The first-order valence-electron chi connectivity index (χ1n) is 10.2. The number of aryl methyl sites for hydroxylation is 1. The third-order valence-electron chi connectivity index (χ3n) is 5.55. The van der Waals surface area contributed by atoms with Crippen molar-refractivity contribution in [2.24, 2.45) is 0 Å². The fourth-order valence-corrected chi connectivity index (χ4v) is 4.00. The maximum absolute atomic E-state index is 12.8. The Bertz CT molecular complexity index is 880. The summed E-state index contributed by atoms with van der Waals surface area (Å²) in [6, 6.07) is 14.0. The Labute approximate surface area is 172 Å². The summed E-state index contributed by atoms with van der Waals surface area (Å²) in [4.78, 5) is 25.6.